The van der Waals surface area contributed by atoms with Crippen LogP contribution in [0.4, 0.5) is 11.6 Å². The zero-order valence-electron chi connectivity index (χ0n) is 14.8. The van der Waals surface area contributed by atoms with Gasteiger partial charge in [-0.05, 0) is 40.4 Å². The maximum Gasteiger partial charge on any atom is 0.222 e. The van der Waals surface area contributed by atoms with Crippen LogP contribution in [-0.2, 0) is 6.54 Å². The third kappa shape index (κ3) is 3.29. The monoisotopic (exact) mass is 405 g/mol. The Hall–Kier alpha value is -3.06. The predicted molar refractivity (Wildman–Crippen MR) is 119 cm³/mol. The van der Waals surface area contributed by atoms with Crippen molar-refractivity contribution in [2.24, 2.45) is 0 Å². The van der Waals surface area contributed by atoms with E-state index in [1.807, 2.05) is 28.8 Å². The Morgan fingerprint density at radius 1 is 1.07 bits per heavy atom. The highest BCUT2D eigenvalue weighted by atomic mass is 31.0. The third-order valence-electron chi connectivity index (χ3n) is 4.42. The van der Waals surface area contributed by atoms with Crippen LogP contribution < -0.4 is 22.1 Å². The second-order valence-corrected chi connectivity index (χ2v) is 7.59. The predicted octanol–water partition coefficient (Wildman–Crippen LogP) is 1.58. The van der Waals surface area contributed by atoms with E-state index in [0.717, 1.165) is 21.7 Å². The first kappa shape index (κ1) is 18.3. The SMILES string of the molecule is N#Cc1cccc(-c2nc(N)nc3c2ncn3Cc2c(P)cc(N)cc2P)c1. The van der Waals surface area contributed by atoms with Gasteiger partial charge in [0.2, 0.25) is 5.95 Å². The van der Waals surface area contributed by atoms with E-state index in [1.54, 1.807) is 18.5 Å². The lowest BCUT2D eigenvalue weighted by Crippen LogP contribution is -2.18. The molecule has 0 saturated heterocycles. The summed E-state index contributed by atoms with van der Waals surface area (Å²) in [6.45, 7) is 0.558. The van der Waals surface area contributed by atoms with E-state index in [4.69, 9.17) is 11.5 Å². The number of imidazole rings is 1. The molecule has 0 fully saturated rings. The summed E-state index contributed by atoms with van der Waals surface area (Å²) in [7, 11) is 5.43. The van der Waals surface area contributed by atoms with E-state index in [1.165, 1.54) is 0 Å². The summed E-state index contributed by atoms with van der Waals surface area (Å²) < 4.78 is 1.93. The van der Waals surface area contributed by atoms with Crippen LogP contribution in [0.2, 0.25) is 0 Å². The molecule has 4 aromatic rings. The lowest BCUT2D eigenvalue weighted by atomic mass is 10.1. The minimum Gasteiger partial charge on any atom is -0.399 e. The molecule has 0 radical (unpaired) electrons. The molecule has 138 valence electrons. The molecule has 0 aliphatic rings. The van der Waals surface area contributed by atoms with Crippen molar-refractivity contribution in [1.29, 1.82) is 5.26 Å². The summed E-state index contributed by atoms with van der Waals surface area (Å²) in [6.07, 6.45) is 1.72. The fourth-order valence-corrected chi connectivity index (χ4v) is 4.18. The number of fused-ring (bicyclic) bond motifs is 1. The molecule has 0 spiro atoms. The van der Waals surface area contributed by atoms with E-state index in [9.17, 15) is 5.26 Å². The quantitative estimate of drug-likeness (QED) is 0.395. The summed E-state index contributed by atoms with van der Waals surface area (Å²) in [4.78, 5) is 13.3. The molecule has 2 heterocycles. The van der Waals surface area contributed by atoms with Gasteiger partial charge in [0, 0.05) is 11.3 Å². The van der Waals surface area contributed by atoms with Gasteiger partial charge >= 0.3 is 0 Å². The van der Waals surface area contributed by atoms with Crippen molar-refractivity contribution >= 4 is 51.9 Å². The normalized spacial score (nSPS) is 10.9. The topological polar surface area (TPSA) is 119 Å². The van der Waals surface area contributed by atoms with Crippen molar-refractivity contribution < 1.29 is 0 Å². The van der Waals surface area contributed by atoms with E-state index in [-0.39, 0.29) is 5.95 Å². The molecule has 4 N–H and O–H groups in total. The van der Waals surface area contributed by atoms with E-state index in [2.05, 4.69) is 39.5 Å². The summed E-state index contributed by atoms with van der Waals surface area (Å²) in [6, 6.07) is 13.2. The molecule has 2 atom stereocenters. The van der Waals surface area contributed by atoms with Gasteiger partial charge in [-0.25, -0.2) is 9.97 Å². The Balaban J connectivity index is 1.85. The maximum absolute atomic E-state index is 9.18. The summed E-state index contributed by atoms with van der Waals surface area (Å²) in [5.41, 5.74) is 16.9. The number of benzene rings is 2. The van der Waals surface area contributed by atoms with E-state index in [0.29, 0.717) is 34.7 Å². The van der Waals surface area contributed by atoms with Gasteiger partial charge in [-0.2, -0.15) is 10.2 Å². The molecule has 2 aromatic heterocycles. The summed E-state index contributed by atoms with van der Waals surface area (Å²) in [5, 5.41) is 11.2. The first-order chi connectivity index (χ1) is 13.5. The average Bonchev–Trinajstić information content (AvgIpc) is 3.06. The van der Waals surface area contributed by atoms with Crippen molar-refractivity contribution in [3.05, 3.63) is 53.9 Å². The molecule has 9 heteroatoms. The molecule has 7 nitrogen and oxygen atoms in total. The number of rotatable bonds is 3. The second kappa shape index (κ2) is 7.16. The van der Waals surface area contributed by atoms with Crippen LogP contribution in [0, 0.1) is 11.3 Å². The highest BCUT2D eigenvalue weighted by molar-refractivity contribution is 7.29. The molecular weight excluding hydrogens is 388 g/mol. The molecular formula is C19H17N7P2. The van der Waals surface area contributed by atoms with Crippen molar-refractivity contribution in [1.82, 2.24) is 19.5 Å². The van der Waals surface area contributed by atoms with Crippen LogP contribution >= 0.6 is 18.5 Å². The number of hydrogen-bond acceptors (Lipinski definition) is 6. The standard InChI is InChI=1S/C19H17N7P2/c20-7-10-2-1-3-11(4-10)16-17-18(25-19(22)24-16)26(9-23-17)8-13-14(27)5-12(21)6-15(13)28/h1-6,9H,8,21,27-28H2,(H2,22,24,25). The maximum atomic E-state index is 9.18. The van der Waals surface area contributed by atoms with Crippen molar-refractivity contribution in [2.75, 3.05) is 11.5 Å². The fraction of sp³-hybridized carbons (Fsp3) is 0.0526. The van der Waals surface area contributed by atoms with Gasteiger partial charge in [-0.3, -0.25) is 0 Å². The average molecular weight is 405 g/mol. The first-order valence-electron chi connectivity index (χ1n) is 8.38. The van der Waals surface area contributed by atoms with Gasteiger partial charge in [0.25, 0.3) is 0 Å². The number of nitrogens with zero attached hydrogens (tertiary/aromatic N) is 5. The van der Waals surface area contributed by atoms with Gasteiger partial charge in [0.05, 0.1) is 24.5 Å². The Morgan fingerprint density at radius 2 is 1.82 bits per heavy atom. The molecule has 2 unspecified atom stereocenters. The molecule has 28 heavy (non-hydrogen) atoms. The van der Waals surface area contributed by atoms with Crippen molar-refractivity contribution in [3.8, 4) is 17.3 Å². The van der Waals surface area contributed by atoms with Gasteiger partial charge in [-0.1, -0.05) is 12.1 Å². The largest absolute Gasteiger partial charge is 0.399 e. The van der Waals surface area contributed by atoms with Gasteiger partial charge in [0.15, 0.2) is 5.65 Å². The number of nitriles is 1. The number of nitrogens with two attached hydrogens (primary N) is 2. The van der Waals surface area contributed by atoms with Crippen LogP contribution in [0.3, 0.4) is 0 Å². The molecule has 0 aliphatic heterocycles. The number of anilines is 2. The molecule has 0 bridgehead atoms. The minimum absolute atomic E-state index is 0.154. The van der Waals surface area contributed by atoms with Crippen molar-refractivity contribution in [3.63, 3.8) is 0 Å². The van der Waals surface area contributed by atoms with Crippen LogP contribution in [0.15, 0.2) is 42.7 Å². The van der Waals surface area contributed by atoms with Crippen LogP contribution in [0.5, 0.6) is 0 Å². The minimum atomic E-state index is 0.154. The van der Waals surface area contributed by atoms with E-state index < -0.39 is 0 Å². The summed E-state index contributed by atoms with van der Waals surface area (Å²) in [5.74, 6) is 0.154. The van der Waals surface area contributed by atoms with Crippen LogP contribution in [0.25, 0.3) is 22.4 Å². The molecule has 0 saturated carbocycles. The molecule has 2 aromatic carbocycles. The van der Waals surface area contributed by atoms with Crippen LogP contribution in [0.1, 0.15) is 11.1 Å². The number of aromatic nitrogens is 4. The van der Waals surface area contributed by atoms with Crippen molar-refractivity contribution in [2.45, 2.75) is 6.54 Å². The smallest absolute Gasteiger partial charge is 0.222 e. The Morgan fingerprint density at radius 3 is 2.54 bits per heavy atom. The number of nitrogen functional groups attached to an aromatic ring is 2. The third-order valence-corrected chi connectivity index (χ3v) is 5.45. The van der Waals surface area contributed by atoms with Crippen LogP contribution in [-0.4, -0.2) is 19.5 Å². The van der Waals surface area contributed by atoms with Gasteiger partial charge in [-0.15, -0.1) is 18.5 Å². The van der Waals surface area contributed by atoms with E-state index >= 15 is 0 Å². The lowest BCUT2D eigenvalue weighted by molar-refractivity contribution is 0.822. The van der Waals surface area contributed by atoms with Gasteiger partial charge < -0.3 is 16.0 Å². The summed E-state index contributed by atoms with van der Waals surface area (Å²) >= 11 is 0. The fourth-order valence-electron chi connectivity index (χ4n) is 3.11. The van der Waals surface area contributed by atoms with Gasteiger partial charge in [0.1, 0.15) is 11.2 Å². The Labute approximate surface area is 166 Å². The molecule has 0 amide bonds. The Bertz CT molecular complexity index is 1230. The first-order valence-corrected chi connectivity index (χ1v) is 9.54. The number of hydrogen-bond donors (Lipinski definition) is 2. The zero-order valence-corrected chi connectivity index (χ0v) is 17.1. The second-order valence-electron chi connectivity index (χ2n) is 6.35. The zero-order chi connectivity index (χ0) is 19.8. The highest BCUT2D eigenvalue weighted by Gasteiger charge is 2.16. The molecule has 4 rings (SSSR count). The lowest BCUT2D eigenvalue weighted by Gasteiger charge is -2.12. The Kier molecular flexibility index (Phi) is 4.68. The highest BCUT2D eigenvalue weighted by Crippen LogP contribution is 2.27. The molecule has 0 aliphatic carbocycles.